The highest BCUT2D eigenvalue weighted by Crippen LogP contribution is 2.40. The molecule has 0 unspecified atom stereocenters. The van der Waals surface area contributed by atoms with Crippen LogP contribution in [0.25, 0.3) is 0 Å². The summed E-state index contributed by atoms with van der Waals surface area (Å²) in [5, 5.41) is 0. The molecule has 90 valence electrons. The highest BCUT2D eigenvalue weighted by atomic mass is 35.5. The van der Waals surface area contributed by atoms with E-state index in [1.54, 1.807) is 0 Å². The summed E-state index contributed by atoms with van der Waals surface area (Å²) in [6, 6.07) is 0. The first kappa shape index (κ1) is 17.0. The van der Waals surface area contributed by atoms with E-state index in [2.05, 4.69) is 23.2 Å². The average molecular weight is 271 g/mol. The molecular weight excluding hydrogens is 263 g/mol. The van der Waals surface area contributed by atoms with Gasteiger partial charge < -0.3 is 0 Å². The molecule has 0 aromatic heterocycles. The predicted octanol–water partition coefficient (Wildman–Crippen LogP) is 3.20. The summed E-state index contributed by atoms with van der Waals surface area (Å²) in [6.07, 6.45) is -5.11. The molecule has 0 aliphatic heterocycles. The van der Waals surface area contributed by atoms with Crippen LogP contribution >= 0.6 is 23.2 Å². The third kappa shape index (κ3) is 11.6. The largest absolute Gasteiger partial charge is 0.452 e. The normalized spacial score (nSPS) is 11.5. The molecule has 8 heteroatoms. The second kappa shape index (κ2) is 6.27. The van der Waals surface area contributed by atoms with Gasteiger partial charge in [0, 0.05) is 0 Å². The van der Waals surface area contributed by atoms with Gasteiger partial charge in [0.2, 0.25) is 0 Å². The van der Waals surface area contributed by atoms with Gasteiger partial charge in [-0.2, -0.15) is 17.6 Å². The average Bonchev–Trinajstić information content (AvgIpc) is 1.78. The summed E-state index contributed by atoms with van der Waals surface area (Å²) >= 11 is 7.97. The number of halogens is 6. The zero-order valence-electron chi connectivity index (χ0n) is 7.79. The van der Waals surface area contributed by atoms with Crippen molar-refractivity contribution in [2.45, 2.75) is 31.0 Å². The molecule has 0 N–H and O–H groups in total. The number of carbonyl (C=O) groups excluding carboxylic acids is 2. The van der Waals surface area contributed by atoms with Crippen molar-refractivity contribution < 1.29 is 27.2 Å². The Labute approximate surface area is 93.5 Å². The monoisotopic (exact) mass is 270 g/mol. The molecule has 0 atom stereocenters. The molecule has 2 nitrogen and oxygen atoms in total. The first-order valence-electron chi connectivity index (χ1n) is 3.50. The Morgan fingerprint density at radius 2 is 1.20 bits per heavy atom. The lowest BCUT2D eigenvalue weighted by atomic mass is 10.2. The van der Waals surface area contributed by atoms with Crippen LogP contribution in [-0.4, -0.2) is 22.3 Å². The number of Topliss-reactive ketones (excluding diaryl/α,β-unsaturated/α-hetero) is 2. The maximum absolute atomic E-state index is 11.3. The third-order valence-electron chi connectivity index (χ3n) is 0.819. The van der Waals surface area contributed by atoms with Crippen molar-refractivity contribution in [2.24, 2.45) is 0 Å². The number of carbonyl (C=O) groups is 2. The number of rotatable bonds is 2. The molecule has 0 bridgehead atoms. The van der Waals surface area contributed by atoms with E-state index in [0.717, 1.165) is 0 Å². The fourth-order valence-electron chi connectivity index (χ4n) is 0.351. The van der Waals surface area contributed by atoms with Crippen molar-refractivity contribution in [1.29, 1.82) is 0 Å². The molecule has 0 saturated heterocycles. The Balaban J connectivity index is 0. The lowest BCUT2D eigenvalue weighted by molar-refractivity contribution is -0.170. The van der Waals surface area contributed by atoms with Gasteiger partial charge in [-0.15, -0.1) is 0 Å². The van der Waals surface area contributed by atoms with Crippen molar-refractivity contribution in [3.63, 3.8) is 0 Å². The second-order valence-electron chi connectivity index (χ2n) is 2.58. The van der Waals surface area contributed by atoms with Crippen LogP contribution in [0.15, 0.2) is 0 Å². The lowest BCUT2D eigenvalue weighted by Crippen LogP contribution is -2.28. The molecule has 0 aromatic rings. The minimum Gasteiger partial charge on any atom is -0.300 e. The van der Waals surface area contributed by atoms with Crippen molar-refractivity contribution >= 4 is 34.8 Å². The van der Waals surface area contributed by atoms with Crippen molar-refractivity contribution in [3.8, 4) is 0 Å². The zero-order chi connectivity index (χ0) is 12.9. The Hall–Kier alpha value is -0.360. The van der Waals surface area contributed by atoms with Gasteiger partial charge in [0.05, 0.1) is 6.42 Å². The Morgan fingerprint density at radius 3 is 1.20 bits per heavy atom. The lowest BCUT2D eigenvalue weighted by Gasteiger charge is -2.11. The van der Waals surface area contributed by atoms with Crippen LogP contribution in [-0.2, 0) is 9.59 Å². The van der Waals surface area contributed by atoms with Gasteiger partial charge in [0.15, 0.2) is 0 Å². The van der Waals surface area contributed by atoms with Crippen LogP contribution in [0.2, 0.25) is 0 Å². The number of ketones is 2. The highest BCUT2D eigenvalue weighted by molar-refractivity contribution is 6.47. The maximum Gasteiger partial charge on any atom is 0.452 e. The number of alkyl halides is 6. The Kier molecular flexibility index (Phi) is 7.13. The fraction of sp³-hybridized carbons (Fsp3) is 0.714. The molecule has 0 spiro atoms. The van der Waals surface area contributed by atoms with Gasteiger partial charge in [0.1, 0.15) is 11.6 Å². The van der Waals surface area contributed by atoms with E-state index in [1.807, 2.05) is 0 Å². The first-order valence-corrected chi connectivity index (χ1v) is 4.26. The molecule has 0 aliphatic rings. The van der Waals surface area contributed by atoms with Crippen LogP contribution in [0.1, 0.15) is 20.3 Å². The number of hydrogen-bond donors (Lipinski definition) is 0. The maximum atomic E-state index is 11.3. The summed E-state index contributed by atoms with van der Waals surface area (Å²) in [5.74, 6) is -0.125. The summed E-state index contributed by atoms with van der Waals surface area (Å²) in [5.41, 5.74) is 0. The van der Waals surface area contributed by atoms with Crippen LogP contribution in [0.4, 0.5) is 17.6 Å². The zero-order valence-corrected chi connectivity index (χ0v) is 9.30. The van der Waals surface area contributed by atoms with Gasteiger partial charge in [-0.05, 0) is 13.8 Å². The standard InChI is InChI=1S/C5H8O2.C2Cl2F4/c1-4(6)3-5(2)7;3-1(4,5)2(6,7)8/h3H2,1-2H3;. The topological polar surface area (TPSA) is 34.1 Å². The van der Waals surface area contributed by atoms with Gasteiger partial charge in [-0.1, -0.05) is 23.2 Å². The molecule has 0 heterocycles. The molecular formula is C7H8Cl2F4O2. The van der Waals surface area contributed by atoms with E-state index in [9.17, 15) is 27.2 Å². The van der Waals surface area contributed by atoms with E-state index in [-0.39, 0.29) is 18.0 Å². The molecule has 0 fully saturated rings. The van der Waals surface area contributed by atoms with E-state index < -0.39 is 10.8 Å². The van der Waals surface area contributed by atoms with Gasteiger partial charge in [-0.3, -0.25) is 9.59 Å². The van der Waals surface area contributed by atoms with Gasteiger partial charge in [-0.25, -0.2) is 0 Å². The molecule has 0 radical (unpaired) electrons. The minimum absolute atomic E-state index is 0.0625. The second-order valence-corrected chi connectivity index (χ2v) is 3.81. The molecule has 0 aromatic carbocycles. The molecule has 0 amide bonds. The van der Waals surface area contributed by atoms with E-state index >= 15 is 0 Å². The van der Waals surface area contributed by atoms with Crippen LogP contribution in [0.5, 0.6) is 0 Å². The van der Waals surface area contributed by atoms with Crippen molar-refractivity contribution in [1.82, 2.24) is 0 Å². The summed E-state index contributed by atoms with van der Waals surface area (Å²) in [4.78, 5) is 20.1. The van der Waals surface area contributed by atoms with E-state index in [1.165, 1.54) is 13.8 Å². The van der Waals surface area contributed by atoms with Crippen molar-refractivity contribution in [2.75, 3.05) is 0 Å². The van der Waals surface area contributed by atoms with E-state index in [4.69, 9.17) is 0 Å². The molecule has 0 aliphatic carbocycles. The Morgan fingerprint density at radius 1 is 1.00 bits per heavy atom. The molecule has 15 heavy (non-hydrogen) atoms. The number of hydrogen-bond acceptors (Lipinski definition) is 2. The van der Waals surface area contributed by atoms with Crippen molar-refractivity contribution in [3.05, 3.63) is 0 Å². The third-order valence-corrected chi connectivity index (χ3v) is 1.25. The van der Waals surface area contributed by atoms with Crippen LogP contribution in [0, 0.1) is 0 Å². The summed E-state index contributed by atoms with van der Waals surface area (Å²) in [6.45, 7) is 2.81. The molecule has 0 saturated carbocycles. The fourth-order valence-corrected chi connectivity index (χ4v) is 0.351. The highest BCUT2D eigenvalue weighted by Gasteiger charge is 2.53. The van der Waals surface area contributed by atoms with Crippen LogP contribution < -0.4 is 0 Å². The summed E-state index contributed by atoms with van der Waals surface area (Å²) in [7, 11) is 0. The molecule has 0 rings (SSSR count). The quantitative estimate of drug-likeness (QED) is 0.439. The van der Waals surface area contributed by atoms with Crippen LogP contribution in [0.3, 0.4) is 0 Å². The predicted molar refractivity (Wildman–Crippen MR) is 47.6 cm³/mol. The van der Waals surface area contributed by atoms with Gasteiger partial charge >= 0.3 is 10.8 Å². The minimum atomic E-state index is -5.20. The first-order chi connectivity index (χ1) is 6.38. The van der Waals surface area contributed by atoms with Gasteiger partial charge in [0.25, 0.3) is 0 Å². The Bertz CT molecular complexity index is 208. The summed E-state index contributed by atoms with van der Waals surface area (Å²) < 4.78 is 40.0. The van der Waals surface area contributed by atoms with E-state index in [0.29, 0.717) is 0 Å². The smallest absolute Gasteiger partial charge is 0.300 e. The SMILES string of the molecule is CC(=O)CC(C)=O.FC(F)(F)C(F)(Cl)Cl.